The Morgan fingerprint density at radius 1 is 1.86 bits per heavy atom. The van der Waals surface area contributed by atoms with E-state index in [0.29, 0.717) is 0 Å². The normalized spacial score (nSPS) is 49.3. The van der Waals surface area contributed by atoms with Gasteiger partial charge in [-0.3, -0.25) is 0 Å². The zero-order chi connectivity index (χ0) is 5.49. The first kappa shape index (κ1) is 5.06. The Bertz CT molecular complexity index is 80.1. The summed E-state index contributed by atoms with van der Waals surface area (Å²) in [6.07, 6.45) is 1.02. The van der Waals surface area contributed by atoms with Crippen LogP contribution in [0.4, 0.5) is 0 Å². The van der Waals surface area contributed by atoms with Crippen molar-refractivity contribution < 1.29 is 4.74 Å². The highest BCUT2D eigenvalue weighted by Crippen LogP contribution is 2.36. The van der Waals surface area contributed by atoms with Gasteiger partial charge in [-0.2, -0.15) is 0 Å². The van der Waals surface area contributed by atoms with E-state index >= 15 is 0 Å². The average molecular weight is 101 g/mol. The minimum Gasteiger partial charge on any atom is -0.377 e. The van der Waals surface area contributed by atoms with Gasteiger partial charge in [-0.1, -0.05) is 0 Å². The fourth-order valence-electron chi connectivity index (χ4n) is 0.612. The third-order valence-corrected chi connectivity index (χ3v) is 1.72. The van der Waals surface area contributed by atoms with Gasteiger partial charge >= 0.3 is 0 Å². The molecule has 0 aromatic carbocycles. The summed E-state index contributed by atoms with van der Waals surface area (Å²) in [7, 11) is 1.70. The summed E-state index contributed by atoms with van der Waals surface area (Å²) in [6.45, 7) is 2.03. The van der Waals surface area contributed by atoms with Crippen LogP contribution in [-0.4, -0.2) is 18.8 Å². The molecule has 1 saturated carbocycles. The number of nitrogens with two attached hydrogens (primary N) is 1. The summed E-state index contributed by atoms with van der Waals surface area (Å²) in [4.78, 5) is 0. The molecule has 0 heterocycles. The Labute approximate surface area is 43.6 Å². The molecule has 1 fully saturated rings. The van der Waals surface area contributed by atoms with Gasteiger partial charge in [0.2, 0.25) is 0 Å². The van der Waals surface area contributed by atoms with E-state index < -0.39 is 0 Å². The molecule has 2 atom stereocenters. The van der Waals surface area contributed by atoms with Gasteiger partial charge in [-0.25, -0.2) is 0 Å². The molecule has 2 N–H and O–H groups in total. The number of methoxy groups -OCH3 is 1. The molecule has 42 valence electrons. The lowest BCUT2D eigenvalue weighted by atomic mass is 10.4. The lowest BCUT2D eigenvalue weighted by Gasteiger charge is -2.03. The van der Waals surface area contributed by atoms with Crippen molar-refractivity contribution in [3.8, 4) is 0 Å². The van der Waals surface area contributed by atoms with Crippen LogP contribution in [0.5, 0.6) is 0 Å². The molecule has 1 unspecified atom stereocenters. The van der Waals surface area contributed by atoms with Crippen molar-refractivity contribution in [2.45, 2.75) is 25.0 Å². The highest BCUT2D eigenvalue weighted by atomic mass is 16.5. The predicted molar refractivity (Wildman–Crippen MR) is 28.0 cm³/mol. The Morgan fingerprint density at radius 2 is 2.29 bits per heavy atom. The first-order valence-electron chi connectivity index (χ1n) is 2.50. The van der Waals surface area contributed by atoms with E-state index in [2.05, 4.69) is 0 Å². The fourth-order valence-corrected chi connectivity index (χ4v) is 0.612. The topological polar surface area (TPSA) is 35.2 Å². The summed E-state index contributed by atoms with van der Waals surface area (Å²) >= 11 is 0. The van der Waals surface area contributed by atoms with Crippen LogP contribution in [-0.2, 0) is 4.74 Å². The maximum Gasteiger partial charge on any atom is 0.0817 e. The molecule has 0 amide bonds. The zero-order valence-corrected chi connectivity index (χ0v) is 4.77. The van der Waals surface area contributed by atoms with E-state index in [1.807, 2.05) is 6.92 Å². The summed E-state index contributed by atoms with van der Waals surface area (Å²) in [5.41, 5.74) is 5.51. The van der Waals surface area contributed by atoms with Gasteiger partial charge in [0, 0.05) is 13.2 Å². The van der Waals surface area contributed by atoms with Gasteiger partial charge < -0.3 is 10.5 Å². The Balaban J connectivity index is 2.36. The number of rotatable bonds is 1. The van der Waals surface area contributed by atoms with Gasteiger partial charge in [0.1, 0.15) is 0 Å². The molecule has 0 aromatic rings. The van der Waals surface area contributed by atoms with E-state index in [1.165, 1.54) is 0 Å². The van der Waals surface area contributed by atoms with E-state index in [0.717, 1.165) is 6.42 Å². The quantitative estimate of drug-likeness (QED) is 0.509. The van der Waals surface area contributed by atoms with Crippen LogP contribution in [0.3, 0.4) is 0 Å². The summed E-state index contributed by atoms with van der Waals surface area (Å²) in [5.74, 6) is 0. The zero-order valence-electron chi connectivity index (χ0n) is 4.77. The smallest absolute Gasteiger partial charge is 0.0817 e. The molecule has 1 aliphatic carbocycles. The van der Waals surface area contributed by atoms with Crippen LogP contribution >= 0.6 is 0 Å². The van der Waals surface area contributed by atoms with Crippen molar-refractivity contribution in [1.29, 1.82) is 0 Å². The molecule has 0 bridgehead atoms. The molecular formula is C5H11NO. The maximum atomic E-state index is 5.49. The summed E-state index contributed by atoms with van der Waals surface area (Å²) < 4.78 is 5.04. The second-order valence-electron chi connectivity index (χ2n) is 2.33. The van der Waals surface area contributed by atoms with Crippen LogP contribution in [0.2, 0.25) is 0 Å². The standard InChI is InChI=1S/C5H11NO/c1-5(7-2)3-4(5)6/h4H,3,6H2,1-2H3/t4-,5?/m0/s1. The van der Waals surface area contributed by atoms with Crippen LogP contribution in [0.1, 0.15) is 13.3 Å². The molecular weight excluding hydrogens is 90.1 g/mol. The van der Waals surface area contributed by atoms with Gasteiger partial charge in [-0.05, 0) is 13.3 Å². The van der Waals surface area contributed by atoms with Crippen LogP contribution in [0.25, 0.3) is 0 Å². The molecule has 2 nitrogen and oxygen atoms in total. The molecule has 7 heavy (non-hydrogen) atoms. The molecule has 1 rings (SSSR count). The Morgan fingerprint density at radius 3 is 2.29 bits per heavy atom. The largest absolute Gasteiger partial charge is 0.377 e. The SMILES string of the molecule is COC1(C)C[C@@H]1N. The van der Waals surface area contributed by atoms with Crippen LogP contribution in [0.15, 0.2) is 0 Å². The lowest BCUT2D eigenvalue weighted by molar-refractivity contribution is 0.0917. The molecule has 0 radical (unpaired) electrons. The van der Waals surface area contributed by atoms with Gasteiger partial charge in [-0.15, -0.1) is 0 Å². The van der Waals surface area contributed by atoms with E-state index in [4.69, 9.17) is 10.5 Å². The van der Waals surface area contributed by atoms with Crippen LogP contribution in [0, 0.1) is 0 Å². The predicted octanol–water partition coefficient (Wildman–Crippen LogP) is 0.123. The summed E-state index contributed by atoms with van der Waals surface area (Å²) in [6, 6.07) is 0.289. The second-order valence-corrected chi connectivity index (χ2v) is 2.33. The second kappa shape index (κ2) is 1.20. The Kier molecular flexibility index (Phi) is 0.869. The Hall–Kier alpha value is -0.0800. The van der Waals surface area contributed by atoms with Crippen molar-refractivity contribution >= 4 is 0 Å². The van der Waals surface area contributed by atoms with E-state index in [1.54, 1.807) is 7.11 Å². The van der Waals surface area contributed by atoms with Crippen molar-refractivity contribution in [1.82, 2.24) is 0 Å². The third kappa shape index (κ3) is 0.640. The molecule has 0 aromatic heterocycles. The molecule has 0 aliphatic heterocycles. The molecule has 2 heteroatoms. The minimum absolute atomic E-state index is 0.0278. The first-order valence-corrected chi connectivity index (χ1v) is 2.50. The highest BCUT2D eigenvalue weighted by molar-refractivity contribution is 5.05. The number of hydrogen-bond donors (Lipinski definition) is 1. The first-order chi connectivity index (χ1) is 3.19. The van der Waals surface area contributed by atoms with Crippen molar-refractivity contribution in [2.75, 3.05) is 7.11 Å². The molecule has 0 saturated heterocycles. The fraction of sp³-hybridized carbons (Fsp3) is 1.00. The monoisotopic (exact) mass is 101 g/mol. The van der Waals surface area contributed by atoms with Crippen molar-refractivity contribution in [3.05, 3.63) is 0 Å². The highest BCUT2D eigenvalue weighted by Gasteiger charge is 2.47. The van der Waals surface area contributed by atoms with Gasteiger partial charge in [0.25, 0.3) is 0 Å². The average Bonchev–Trinajstić information content (AvgIpc) is 2.18. The lowest BCUT2D eigenvalue weighted by Crippen LogP contribution is -2.17. The van der Waals surface area contributed by atoms with E-state index in [9.17, 15) is 0 Å². The maximum absolute atomic E-state index is 5.49. The van der Waals surface area contributed by atoms with Crippen molar-refractivity contribution in [2.24, 2.45) is 5.73 Å². The van der Waals surface area contributed by atoms with Gasteiger partial charge in [0.05, 0.1) is 5.60 Å². The van der Waals surface area contributed by atoms with Crippen LogP contribution < -0.4 is 5.73 Å². The minimum atomic E-state index is 0.0278. The summed E-state index contributed by atoms with van der Waals surface area (Å²) in [5, 5.41) is 0. The molecule has 1 aliphatic rings. The third-order valence-electron chi connectivity index (χ3n) is 1.72. The molecule has 0 spiro atoms. The number of ether oxygens (including phenoxy) is 1. The number of hydrogen-bond acceptors (Lipinski definition) is 2. The van der Waals surface area contributed by atoms with E-state index in [-0.39, 0.29) is 11.6 Å². The van der Waals surface area contributed by atoms with Crippen molar-refractivity contribution in [3.63, 3.8) is 0 Å². The van der Waals surface area contributed by atoms with Gasteiger partial charge in [0.15, 0.2) is 0 Å².